The first kappa shape index (κ1) is 21.6. The van der Waals surface area contributed by atoms with E-state index in [1.54, 1.807) is 18.2 Å². The van der Waals surface area contributed by atoms with Gasteiger partial charge in [0.15, 0.2) is 6.61 Å². The van der Waals surface area contributed by atoms with E-state index in [-0.39, 0.29) is 6.42 Å². The Morgan fingerprint density at radius 1 is 1.21 bits per heavy atom. The van der Waals surface area contributed by atoms with Crippen molar-refractivity contribution in [1.29, 1.82) is 5.26 Å². The molecule has 0 unspecified atom stereocenters. The molecular formula is C20H19ClN2O4S. The van der Waals surface area contributed by atoms with Gasteiger partial charge in [-0.3, -0.25) is 9.59 Å². The minimum absolute atomic E-state index is 0.0604. The molecule has 0 bridgehead atoms. The van der Waals surface area contributed by atoms with E-state index in [1.807, 2.05) is 31.4 Å². The highest BCUT2D eigenvalue weighted by molar-refractivity contribution is 8.03. The molecule has 0 heterocycles. The van der Waals surface area contributed by atoms with Crippen molar-refractivity contribution in [3.05, 3.63) is 52.0 Å². The van der Waals surface area contributed by atoms with Gasteiger partial charge in [-0.1, -0.05) is 11.6 Å². The van der Waals surface area contributed by atoms with Crippen LogP contribution in [0.15, 0.2) is 35.2 Å². The highest BCUT2D eigenvalue weighted by atomic mass is 35.5. The van der Waals surface area contributed by atoms with Crippen molar-refractivity contribution in [3.63, 3.8) is 0 Å². The topological polar surface area (TPSA) is 88.4 Å². The SMILES string of the molecule is COc1ccc(Cl)cc1CC(=O)OCC(=O)Nc1c(C)cc(SC#N)cc1C. The third kappa shape index (κ3) is 5.91. The van der Waals surface area contributed by atoms with Crippen LogP contribution in [0.2, 0.25) is 5.02 Å². The van der Waals surface area contributed by atoms with E-state index >= 15 is 0 Å². The number of methoxy groups -OCH3 is 1. The van der Waals surface area contributed by atoms with Crippen LogP contribution < -0.4 is 10.1 Å². The summed E-state index contributed by atoms with van der Waals surface area (Å²) in [6.07, 6.45) is -0.0604. The van der Waals surface area contributed by atoms with Crippen molar-refractivity contribution in [2.24, 2.45) is 0 Å². The first-order chi connectivity index (χ1) is 13.3. The summed E-state index contributed by atoms with van der Waals surface area (Å²) in [6, 6.07) is 8.57. The number of thioether (sulfide) groups is 1. The van der Waals surface area contributed by atoms with Crippen LogP contribution in [0.1, 0.15) is 16.7 Å². The maximum Gasteiger partial charge on any atom is 0.310 e. The number of thiocyanates is 1. The Hall–Kier alpha value is -2.69. The molecular weight excluding hydrogens is 400 g/mol. The Morgan fingerprint density at radius 3 is 2.50 bits per heavy atom. The molecule has 0 aromatic heterocycles. The van der Waals surface area contributed by atoms with Crippen LogP contribution in [0, 0.1) is 24.5 Å². The molecule has 2 rings (SSSR count). The van der Waals surface area contributed by atoms with E-state index in [2.05, 4.69) is 5.32 Å². The van der Waals surface area contributed by atoms with Crippen LogP contribution in [0.5, 0.6) is 5.75 Å². The van der Waals surface area contributed by atoms with Crippen LogP contribution in [0.3, 0.4) is 0 Å². The number of hydrogen-bond acceptors (Lipinski definition) is 6. The quantitative estimate of drug-likeness (QED) is 0.410. The number of carbonyl (C=O) groups excluding carboxylic acids is 2. The summed E-state index contributed by atoms with van der Waals surface area (Å²) >= 11 is 7.00. The fourth-order valence-electron chi connectivity index (χ4n) is 2.65. The van der Waals surface area contributed by atoms with Gasteiger partial charge in [-0.15, -0.1) is 0 Å². The number of halogens is 1. The molecule has 0 atom stereocenters. The van der Waals surface area contributed by atoms with Crippen molar-refractivity contribution < 1.29 is 19.1 Å². The zero-order valence-electron chi connectivity index (χ0n) is 15.7. The van der Waals surface area contributed by atoms with Crippen molar-refractivity contribution in [2.75, 3.05) is 19.0 Å². The number of benzene rings is 2. The summed E-state index contributed by atoms with van der Waals surface area (Å²) in [5, 5.41) is 14.0. The molecule has 1 amide bonds. The number of nitrogens with one attached hydrogen (secondary N) is 1. The molecule has 0 saturated heterocycles. The van der Waals surface area contributed by atoms with E-state index in [4.69, 9.17) is 26.3 Å². The molecule has 1 N–H and O–H groups in total. The van der Waals surface area contributed by atoms with Crippen LogP contribution in [-0.4, -0.2) is 25.6 Å². The highest BCUT2D eigenvalue weighted by Gasteiger charge is 2.14. The molecule has 0 radical (unpaired) electrons. The Labute approximate surface area is 172 Å². The van der Waals surface area contributed by atoms with Crippen LogP contribution in [0.25, 0.3) is 0 Å². The molecule has 8 heteroatoms. The van der Waals surface area contributed by atoms with Gasteiger partial charge in [-0.05, 0) is 67.1 Å². The number of ether oxygens (including phenoxy) is 2. The molecule has 0 aliphatic heterocycles. The highest BCUT2D eigenvalue weighted by Crippen LogP contribution is 2.27. The number of nitriles is 1. The van der Waals surface area contributed by atoms with Crippen molar-refractivity contribution in [1.82, 2.24) is 0 Å². The number of anilines is 1. The Morgan fingerprint density at radius 2 is 1.89 bits per heavy atom. The maximum atomic E-state index is 12.2. The largest absolute Gasteiger partial charge is 0.496 e. The van der Waals surface area contributed by atoms with Crippen LogP contribution in [-0.2, 0) is 20.7 Å². The summed E-state index contributed by atoms with van der Waals surface area (Å²) in [5.74, 6) is -0.490. The van der Waals surface area contributed by atoms with Crippen molar-refractivity contribution in [2.45, 2.75) is 25.2 Å². The van der Waals surface area contributed by atoms with E-state index in [0.29, 0.717) is 22.0 Å². The smallest absolute Gasteiger partial charge is 0.310 e. The monoisotopic (exact) mass is 418 g/mol. The normalized spacial score (nSPS) is 10.1. The van der Waals surface area contributed by atoms with Gasteiger partial charge in [-0.25, -0.2) is 0 Å². The lowest BCUT2D eigenvalue weighted by atomic mass is 10.1. The number of rotatable bonds is 7. The molecule has 0 aliphatic carbocycles. The van der Waals surface area contributed by atoms with Gasteiger partial charge in [0, 0.05) is 21.2 Å². The van der Waals surface area contributed by atoms with Gasteiger partial charge >= 0.3 is 5.97 Å². The first-order valence-electron chi connectivity index (χ1n) is 8.29. The second-order valence-corrected chi connectivity index (χ2v) is 7.26. The zero-order valence-corrected chi connectivity index (χ0v) is 17.2. The second kappa shape index (κ2) is 10.0. The third-order valence-electron chi connectivity index (χ3n) is 3.88. The number of amides is 1. The predicted molar refractivity (Wildman–Crippen MR) is 109 cm³/mol. The second-order valence-electron chi connectivity index (χ2n) is 5.97. The maximum absolute atomic E-state index is 12.2. The molecule has 28 heavy (non-hydrogen) atoms. The van der Waals surface area contributed by atoms with E-state index in [9.17, 15) is 9.59 Å². The van der Waals surface area contributed by atoms with Crippen molar-refractivity contribution in [3.8, 4) is 11.2 Å². The third-order valence-corrected chi connectivity index (χ3v) is 4.67. The Balaban J connectivity index is 1.95. The number of aryl methyl sites for hydroxylation is 2. The standard InChI is InChI=1S/C20H19ClN2O4S/c1-12-6-16(28-11-22)7-13(2)20(12)23-18(24)10-27-19(25)9-14-8-15(21)4-5-17(14)26-3/h4-8H,9-10H2,1-3H3,(H,23,24). The van der Waals surface area contributed by atoms with E-state index in [0.717, 1.165) is 27.8 Å². The lowest BCUT2D eigenvalue weighted by molar-refractivity contribution is -0.146. The van der Waals surface area contributed by atoms with Gasteiger partial charge in [0.1, 0.15) is 11.2 Å². The molecule has 0 aliphatic rings. The number of carbonyl (C=O) groups is 2. The minimum atomic E-state index is -0.565. The van der Waals surface area contributed by atoms with Crippen LogP contribution >= 0.6 is 23.4 Å². The summed E-state index contributed by atoms with van der Waals surface area (Å²) in [5.41, 5.74) is 2.86. The molecule has 6 nitrogen and oxygen atoms in total. The summed E-state index contributed by atoms with van der Waals surface area (Å²) in [4.78, 5) is 25.0. The average molecular weight is 419 g/mol. The summed E-state index contributed by atoms with van der Waals surface area (Å²) in [6.45, 7) is 3.26. The molecule has 0 saturated carbocycles. The molecule has 2 aromatic carbocycles. The van der Waals surface area contributed by atoms with Gasteiger partial charge in [0.05, 0.1) is 13.5 Å². The van der Waals surface area contributed by atoms with Gasteiger partial charge in [0.2, 0.25) is 0 Å². The number of nitrogens with zero attached hydrogens (tertiary/aromatic N) is 1. The lowest BCUT2D eigenvalue weighted by Gasteiger charge is -2.13. The average Bonchev–Trinajstić information content (AvgIpc) is 2.63. The lowest BCUT2D eigenvalue weighted by Crippen LogP contribution is -2.22. The minimum Gasteiger partial charge on any atom is -0.496 e. The van der Waals surface area contributed by atoms with E-state index < -0.39 is 18.5 Å². The van der Waals surface area contributed by atoms with Gasteiger partial charge in [-0.2, -0.15) is 5.26 Å². The van der Waals surface area contributed by atoms with Gasteiger partial charge in [0.25, 0.3) is 5.91 Å². The van der Waals surface area contributed by atoms with E-state index in [1.165, 1.54) is 7.11 Å². The van der Waals surface area contributed by atoms with Gasteiger partial charge < -0.3 is 14.8 Å². The molecule has 146 valence electrons. The fraction of sp³-hybridized carbons (Fsp3) is 0.250. The van der Waals surface area contributed by atoms with Crippen molar-refractivity contribution >= 4 is 40.9 Å². The van der Waals surface area contributed by atoms with Crippen LogP contribution in [0.4, 0.5) is 5.69 Å². The summed E-state index contributed by atoms with van der Waals surface area (Å²) < 4.78 is 10.3. The Bertz CT molecular complexity index is 917. The fourth-order valence-corrected chi connectivity index (χ4v) is 3.42. The predicted octanol–water partition coefficient (Wildman–Crippen LogP) is 4.26. The molecule has 0 fully saturated rings. The number of hydrogen-bond donors (Lipinski definition) is 1. The first-order valence-corrected chi connectivity index (χ1v) is 9.48. The zero-order chi connectivity index (χ0) is 20.7. The number of esters is 1. The molecule has 0 spiro atoms. The Kier molecular flexibility index (Phi) is 7.73. The molecule has 2 aromatic rings. The summed E-state index contributed by atoms with van der Waals surface area (Å²) in [7, 11) is 1.50.